The van der Waals surface area contributed by atoms with Crippen LogP contribution in [-0.2, 0) is 11.3 Å². The fourth-order valence-electron chi connectivity index (χ4n) is 3.67. The highest BCUT2D eigenvalue weighted by molar-refractivity contribution is 7.80. The number of nitrogens with one attached hydrogen (secondary N) is 2. The Labute approximate surface area is 179 Å². The Bertz CT molecular complexity index is 1110. The van der Waals surface area contributed by atoms with Crippen molar-refractivity contribution in [2.75, 3.05) is 18.5 Å². The molecule has 0 unspecified atom stereocenters. The number of fused-ring (bicyclic) bond motifs is 1. The Morgan fingerprint density at radius 1 is 1.27 bits per heavy atom. The predicted molar refractivity (Wildman–Crippen MR) is 121 cm³/mol. The lowest BCUT2D eigenvalue weighted by molar-refractivity contribution is 0.0904. The van der Waals surface area contributed by atoms with Crippen LogP contribution in [0.15, 0.2) is 53.3 Å². The summed E-state index contributed by atoms with van der Waals surface area (Å²) in [7, 11) is 0. The Balaban J connectivity index is 1.58. The summed E-state index contributed by atoms with van der Waals surface area (Å²) in [5.74, 6) is -0.305. The minimum absolute atomic E-state index is 0.0696. The maximum absolute atomic E-state index is 13.2. The molecule has 156 valence electrons. The van der Waals surface area contributed by atoms with E-state index in [-0.39, 0.29) is 17.5 Å². The van der Waals surface area contributed by atoms with Gasteiger partial charge >= 0.3 is 0 Å². The molecule has 2 heterocycles. The fraction of sp³-hybridized carbons (Fsp3) is 0.304. The van der Waals surface area contributed by atoms with Gasteiger partial charge < -0.3 is 19.9 Å². The Hall–Kier alpha value is -2.77. The number of nitrogens with zero attached hydrogens (tertiary/aromatic N) is 1. The van der Waals surface area contributed by atoms with Crippen molar-refractivity contribution in [3.05, 3.63) is 75.8 Å². The van der Waals surface area contributed by atoms with E-state index >= 15 is 0 Å². The molecule has 2 aromatic carbocycles. The van der Waals surface area contributed by atoms with Crippen molar-refractivity contribution in [2.24, 2.45) is 0 Å². The summed E-state index contributed by atoms with van der Waals surface area (Å²) in [6.07, 6.45) is 2.05. The van der Waals surface area contributed by atoms with Gasteiger partial charge in [0.2, 0.25) is 0 Å². The van der Waals surface area contributed by atoms with Crippen LogP contribution in [-0.4, -0.2) is 34.3 Å². The van der Waals surface area contributed by atoms with Crippen LogP contribution in [0.2, 0.25) is 0 Å². The molecule has 0 amide bonds. The number of benzene rings is 2. The molecule has 30 heavy (non-hydrogen) atoms. The number of aryl methyl sites for hydroxylation is 1. The van der Waals surface area contributed by atoms with Crippen molar-refractivity contribution >= 4 is 33.9 Å². The Kier molecular flexibility index (Phi) is 6.11. The maximum atomic E-state index is 13.2. The Morgan fingerprint density at radius 2 is 2.07 bits per heavy atom. The van der Waals surface area contributed by atoms with Crippen LogP contribution >= 0.6 is 12.2 Å². The van der Waals surface area contributed by atoms with Gasteiger partial charge in [0.05, 0.1) is 12.6 Å². The van der Waals surface area contributed by atoms with E-state index in [1.807, 2.05) is 36.1 Å². The number of aromatic amines is 1. The van der Waals surface area contributed by atoms with E-state index in [4.69, 9.17) is 17.0 Å². The summed E-state index contributed by atoms with van der Waals surface area (Å²) in [6, 6.07) is 13.9. The number of H-pyrrole nitrogens is 1. The topological polar surface area (TPSA) is 57.4 Å². The zero-order chi connectivity index (χ0) is 21.1. The van der Waals surface area contributed by atoms with Gasteiger partial charge in [-0.05, 0) is 79.3 Å². The van der Waals surface area contributed by atoms with Crippen molar-refractivity contribution in [2.45, 2.75) is 32.4 Å². The molecule has 5 nitrogen and oxygen atoms in total. The number of thiocarbonyl (C=S) groups is 1. The molecular weight excluding hydrogens is 401 g/mol. The first-order valence-electron chi connectivity index (χ1n) is 10.0. The predicted octanol–water partition coefficient (Wildman–Crippen LogP) is 4.35. The highest BCUT2D eigenvalue weighted by atomic mass is 32.1. The first-order valence-corrected chi connectivity index (χ1v) is 10.4. The molecule has 3 aromatic rings. The molecule has 1 aliphatic rings. The van der Waals surface area contributed by atoms with Gasteiger partial charge in [-0.15, -0.1) is 0 Å². The Morgan fingerprint density at radius 3 is 2.80 bits per heavy atom. The largest absolute Gasteiger partial charge is 0.376 e. The van der Waals surface area contributed by atoms with Crippen LogP contribution in [0.3, 0.4) is 0 Å². The minimum Gasteiger partial charge on any atom is -0.376 e. The molecule has 0 spiro atoms. The van der Waals surface area contributed by atoms with Crippen molar-refractivity contribution in [1.82, 2.24) is 9.88 Å². The average Bonchev–Trinajstić information content (AvgIpc) is 3.23. The molecule has 1 atom stereocenters. The molecule has 0 radical (unpaired) electrons. The highest BCUT2D eigenvalue weighted by Crippen LogP contribution is 2.18. The lowest BCUT2D eigenvalue weighted by atomic mass is 10.1. The smallest absolute Gasteiger partial charge is 0.253 e. The van der Waals surface area contributed by atoms with E-state index in [1.54, 1.807) is 12.1 Å². The SMILES string of the molecule is Cc1ccc2cc(CN(C[C@@H]3CCCO3)C(=S)Nc3ccc(F)cc3)c(=O)[nH]c2c1. The van der Waals surface area contributed by atoms with Crippen LogP contribution in [0.5, 0.6) is 0 Å². The number of rotatable bonds is 5. The molecule has 1 fully saturated rings. The number of hydrogen-bond acceptors (Lipinski definition) is 3. The van der Waals surface area contributed by atoms with Gasteiger partial charge in [0.15, 0.2) is 5.11 Å². The quantitative estimate of drug-likeness (QED) is 0.595. The van der Waals surface area contributed by atoms with Crippen LogP contribution in [0, 0.1) is 12.7 Å². The van der Waals surface area contributed by atoms with Gasteiger partial charge in [-0.25, -0.2) is 4.39 Å². The van der Waals surface area contributed by atoms with Crippen LogP contribution < -0.4 is 10.9 Å². The molecule has 1 aromatic heterocycles. The van der Waals surface area contributed by atoms with Crippen molar-refractivity contribution in [3.63, 3.8) is 0 Å². The minimum atomic E-state index is -0.305. The first kappa shape index (κ1) is 20.5. The molecule has 0 aliphatic carbocycles. The molecule has 1 saturated heterocycles. The highest BCUT2D eigenvalue weighted by Gasteiger charge is 2.22. The number of ether oxygens (including phenoxy) is 1. The summed E-state index contributed by atoms with van der Waals surface area (Å²) in [5, 5.41) is 4.60. The second kappa shape index (κ2) is 8.93. The second-order valence-corrected chi connectivity index (χ2v) is 8.05. The standard InChI is InChI=1S/C23H24FN3O2S/c1-15-4-5-16-12-17(22(28)26-21(16)11-15)13-27(14-20-3-2-10-29-20)23(30)25-19-8-6-18(24)7-9-19/h4-9,11-12,20H,2-3,10,13-14H2,1H3,(H,25,30)(H,26,28)/t20-/m0/s1. The normalized spacial score (nSPS) is 16.0. The molecule has 1 aliphatic heterocycles. The number of aromatic nitrogens is 1. The van der Waals surface area contributed by atoms with Crippen LogP contribution in [0.1, 0.15) is 24.0 Å². The summed E-state index contributed by atoms with van der Waals surface area (Å²) >= 11 is 5.63. The van der Waals surface area contributed by atoms with Gasteiger partial charge in [-0.3, -0.25) is 4.79 Å². The molecule has 2 N–H and O–H groups in total. The maximum Gasteiger partial charge on any atom is 0.253 e. The molecule has 0 saturated carbocycles. The van der Waals surface area contributed by atoms with E-state index in [9.17, 15) is 9.18 Å². The molecule has 7 heteroatoms. The van der Waals surface area contributed by atoms with Crippen molar-refractivity contribution in [1.29, 1.82) is 0 Å². The summed E-state index contributed by atoms with van der Waals surface area (Å²) in [6.45, 7) is 3.67. The third-order valence-corrected chi connectivity index (χ3v) is 5.63. The van der Waals surface area contributed by atoms with Gasteiger partial charge in [0.25, 0.3) is 5.56 Å². The second-order valence-electron chi connectivity index (χ2n) is 7.67. The number of pyridine rings is 1. The third-order valence-electron chi connectivity index (χ3n) is 5.27. The van der Waals surface area contributed by atoms with Gasteiger partial charge in [0.1, 0.15) is 5.82 Å². The summed E-state index contributed by atoms with van der Waals surface area (Å²) in [5.41, 5.74) is 3.11. The van der Waals surface area contributed by atoms with Gasteiger partial charge in [-0.2, -0.15) is 0 Å². The number of hydrogen-bond donors (Lipinski definition) is 2. The van der Waals surface area contributed by atoms with Gasteiger partial charge in [-0.1, -0.05) is 12.1 Å². The molecule has 4 rings (SSSR count). The first-order chi connectivity index (χ1) is 14.5. The number of anilines is 1. The van der Waals surface area contributed by atoms with Gasteiger partial charge in [0, 0.05) is 29.9 Å². The number of halogens is 1. The van der Waals surface area contributed by atoms with Crippen LogP contribution in [0.4, 0.5) is 10.1 Å². The van der Waals surface area contributed by atoms with Crippen molar-refractivity contribution in [3.8, 4) is 0 Å². The van der Waals surface area contributed by atoms with Crippen molar-refractivity contribution < 1.29 is 9.13 Å². The average molecular weight is 426 g/mol. The van der Waals surface area contributed by atoms with E-state index in [1.165, 1.54) is 12.1 Å². The van der Waals surface area contributed by atoms with E-state index in [2.05, 4.69) is 10.3 Å². The molecular formula is C23H24FN3O2S. The summed E-state index contributed by atoms with van der Waals surface area (Å²) in [4.78, 5) is 17.6. The zero-order valence-electron chi connectivity index (χ0n) is 16.8. The fourth-order valence-corrected chi connectivity index (χ4v) is 3.93. The lowest BCUT2D eigenvalue weighted by Gasteiger charge is -2.28. The van der Waals surface area contributed by atoms with Crippen LogP contribution in [0.25, 0.3) is 10.9 Å². The lowest BCUT2D eigenvalue weighted by Crippen LogP contribution is -2.40. The molecule has 0 bridgehead atoms. The zero-order valence-corrected chi connectivity index (χ0v) is 17.6. The summed E-state index contributed by atoms with van der Waals surface area (Å²) < 4.78 is 19.0. The third kappa shape index (κ3) is 4.86. The van der Waals surface area contributed by atoms with E-state index in [0.717, 1.165) is 35.9 Å². The van der Waals surface area contributed by atoms with E-state index < -0.39 is 0 Å². The van der Waals surface area contributed by atoms with E-state index in [0.29, 0.717) is 29.5 Å². The monoisotopic (exact) mass is 425 g/mol.